The number of halogens is 1. The molecule has 0 saturated carbocycles. The number of benzene rings is 1. The van der Waals surface area contributed by atoms with Gasteiger partial charge in [0.15, 0.2) is 0 Å². The number of thiophene rings is 1. The van der Waals surface area contributed by atoms with Crippen LogP contribution in [0.15, 0.2) is 46.8 Å². The molecule has 7 heteroatoms. The Morgan fingerprint density at radius 2 is 2.00 bits per heavy atom. The van der Waals surface area contributed by atoms with Gasteiger partial charge in [-0.3, -0.25) is 14.2 Å². The minimum absolute atomic E-state index is 0.101. The lowest BCUT2D eigenvalue weighted by Gasteiger charge is -2.23. The van der Waals surface area contributed by atoms with Gasteiger partial charge in [-0.1, -0.05) is 37.6 Å². The minimum atomic E-state index is -0.109. The highest BCUT2D eigenvalue weighted by Crippen LogP contribution is 2.23. The normalized spacial score (nSPS) is 12.5. The van der Waals surface area contributed by atoms with Gasteiger partial charge in [-0.25, -0.2) is 4.98 Å². The largest absolute Gasteiger partial charge is 0.349 e. The van der Waals surface area contributed by atoms with Crippen LogP contribution < -0.4 is 10.9 Å². The van der Waals surface area contributed by atoms with Crippen molar-refractivity contribution in [2.24, 2.45) is 5.92 Å². The summed E-state index contributed by atoms with van der Waals surface area (Å²) >= 11 is 7.37. The van der Waals surface area contributed by atoms with Crippen LogP contribution >= 0.6 is 22.9 Å². The SMILES string of the molecule is CC(C)[C@H](NC(=O)CCn1cnc2sccc2c1=O)c1ccc(Cl)cc1. The number of aromatic nitrogens is 2. The number of carbonyl (C=O) groups is 1. The molecule has 0 spiro atoms. The minimum Gasteiger partial charge on any atom is -0.349 e. The van der Waals surface area contributed by atoms with Crippen molar-refractivity contribution in [3.8, 4) is 0 Å². The molecule has 1 atom stereocenters. The maximum atomic E-state index is 12.4. The molecule has 0 aliphatic heterocycles. The summed E-state index contributed by atoms with van der Waals surface area (Å²) in [5.41, 5.74) is 0.901. The molecule has 1 amide bonds. The Labute approximate surface area is 160 Å². The first-order chi connectivity index (χ1) is 12.5. The van der Waals surface area contributed by atoms with Crippen molar-refractivity contribution in [2.45, 2.75) is 32.9 Å². The number of fused-ring (bicyclic) bond motifs is 1. The summed E-state index contributed by atoms with van der Waals surface area (Å²) in [4.78, 5) is 29.8. The molecule has 2 aromatic heterocycles. The lowest BCUT2D eigenvalue weighted by Crippen LogP contribution is -2.33. The second-order valence-corrected chi connectivity index (χ2v) is 7.80. The number of amides is 1. The fourth-order valence-corrected chi connectivity index (χ4v) is 3.67. The average molecular weight is 390 g/mol. The Kier molecular flexibility index (Phi) is 5.74. The molecular weight excluding hydrogens is 370 g/mol. The quantitative estimate of drug-likeness (QED) is 0.692. The molecule has 1 aromatic carbocycles. The van der Waals surface area contributed by atoms with E-state index in [2.05, 4.69) is 24.1 Å². The first kappa shape index (κ1) is 18.6. The molecular formula is C19H20ClN3O2S. The zero-order chi connectivity index (χ0) is 18.7. The number of nitrogens with one attached hydrogen (secondary N) is 1. The fourth-order valence-electron chi connectivity index (χ4n) is 2.83. The van der Waals surface area contributed by atoms with Crippen LogP contribution in [0.5, 0.6) is 0 Å². The van der Waals surface area contributed by atoms with Crippen LogP contribution in [0.4, 0.5) is 0 Å². The Balaban J connectivity index is 1.67. The van der Waals surface area contributed by atoms with Gasteiger partial charge in [0.1, 0.15) is 4.83 Å². The van der Waals surface area contributed by atoms with Crippen molar-refractivity contribution in [1.29, 1.82) is 0 Å². The van der Waals surface area contributed by atoms with Crippen molar-refractivity contribution in [3.63, 3.8) is 0 Å². The summed E-state index contributed by atoms with van der Waals surface area (Å²) in [7, 11) is 0. The maximum absolute atomic E-state index is 12.4. The summed E-state index contributed by atoms with van der Waals surface area (Å²) in [5.74, 6) is 0.127. The molecule has 136 valence electrons. The predicted molar refractivity (Wildman–Crippen MR) is 106 cm³/mol. The molecule has 0 aliphatic rings. The van der Waals surface area contributed by atoms with Crippen LogP contribution in [0.3, 0.4) is 0 Å². The van der Waals surface area contributed by atoms with E-state index in [-0.39, 0.29) is 29.8 Å². The summed E-state index contributed by atoms with van der Waals surface area (Å²) in [6.07, 6.45) is 1.72. The van der Waals surface area contributed by atoms with Crippen LogP contribution in [0, 0.1) is 5.92 Å². The van der Waals surface area contributed by atoms with Gasteiger partial charge in [0, 0.05) is 18.0 Å². The number of hydrogen-bond donors (Lipinski definition) is 1. The van der Waals surface area contributed by atoms with E-state index >= 15 is 0 Å². The molecule has 5 nitrogen and oxygen atoms in total. The third-order valence-corrected chi connectivity index (χ3v) is 5.32. The summed E-state index contributed by atoms with van der Waals surface area (Å²) in [5, 5.41) is 6.16. The number of rotatable bonds is 6. The van der Waals surface area contributed by atoms with E-state index in [0.717, 1.165) is 10.4 Å². The molecule has 0 saturated heterocycles. The molecule has 2 heterocycles. The third kappa shape index (κ3) is 4.14. The van der Waals surface area contributed by atoms with Crippen molar-refractivity contribution < 1.29 is 4.79 Å². The Bertz CT molecular complexity index is 963. The van der Waals surface area contributed by atoms with E-state index < -0.39 is 0 Å². The van der Waals surface area contributed by atoms with Gasteiger partial charge in [-0.2, -0.15) is 0 Å². The van der Waals surface area contributed by atoms with Crippen molar-refractivity contribution in [3.05, 3.63) is 63.0 Å². The van der Waals surface area contributed by atoms with Crippen LogP contribution in [-0.4, -0.2) is 15.5 Å². The van der Waals surface area contributed by atoms with Gasteiger partial charge >= 0.3 is 0 Å². The van der Waals surface area contributed by atoms with Gasteiger partial charge in [-0.15, -0.1) is 11.3 Å². The monoisotopic (exact) mass is 389 g/mol. The molecule has 0 fully saturated rings. The Morgan fingerprint density at radius 3 is 2.69 bits per heavy atom. The van der Waals surface area contributed by atoms with Crippen molar-refractivity contribution in [1.82, 2.24) is 14.9 Å². The molecule has 3 rings (SSSR count). The number of aryl methyl sites for hydroxylation is 1. The van der Waals surface area contributed by atoms with E-state index in [9.17, 15) is 9.59 Å². The Morgan fingerprint density at radius 1 is 1.27 bits per heavy atom. The van der Waals surface area contributed by atoms with E-state index in [1.54, 1.807) is 6.07 Å². The van der Waals surface area contributed by atoms with E-state index in [1.807, 2.05) is 29.6 Å². The smallest absolute Gasteiger partial charge is 0.262 e. The molecule has 1 N–H and O–H groups in total. The van der Waals surface area contributed by atoms with Crippen molar-refractivity contribution in [2.75, 3.05) is 0 Å². The zero-order valence-electron chi connectivity index (χ0n) is 14.6. The van der Waals surface area contributed by atoms with Crippen LogP contribution in [0.2, 0.25) is 5.02 Å². The summed E-state index contributed by atoms with van der Waals surface area (Å²) < 4.78 is 1.49. The van der Waals surface area contributed by atoms with Gasteiger partial charge in [0.25, 0.3) is 5.56 Å². The molecule has 0 aliphatic carbocycles. The lowest BCUT2D eigenvalue weighted by atomic mass is 9.96. The Hall–Kier alpha value is -2.18. The fraction of sp³-hybridized carbons (Fsp3) is 0.316. The van der Waals surface area contributed by atoms with Gasteiger partial charge < -0.3 is 5.32 Å². The van der Waals surface area contributed by atoms with Gasteiger partial charge in [0.2, 0.25) is 5.91 Å². The van der Waals surface area contributed by atoms with Crippen LogP contribution in [0.1, 0.15) is 31.9 Å². The van der Waals surface area contributed by atoms with E-state index in [1.165, 1.54) is 22.2 Å². The number of hydrogen-bond acceptors (Lipinski definition) is 4. The van der Waals surface area contributed by atoms with Gasteiger partial charge in [0.05, 0.1) is 17.8 Å². The molecule has 26 heavy (non-hydrogen) atoms. The van der Waals surface area contributed by atoms with Crippen LogP contribution in [-0.2, 0) is 11.3 Å². The number of nitrogens with zero attached hydrogens (tertiary/aromatic N) is 2. The second kappa shape index (κ2) is 8.01. The highest BCUT2D eigenvalue weighted by molar-refractivity contribution is 7.16. The third-order valence-electron chi connectivity index (χ3n) is 4.24. The standard InChI is InChI=1S/C19H20ClN3O2S/c1-12(2)17(13-3-5-14(20)6-4-13)22-16(24)7-9-23-11-21-18-15(19(23)25)8-10-26-18/h3-6,8,10-12,17H,7,9H2,1-2H3,(H,22,24)/t17-/m0/s1. The molecule has 0 radical (unpaired) electrons. The first-order valence-electron chi connectivity index (χ1n) is 8.43. The molecule has 0 bridgehead atoms. The van der Waals surface area contributed by atoms with E-state index in [0.29, 0.717) is 17.0 Å². The highest BCUT2D eigenvalue weighted by atomic mass is 35.5. The predicted octanol–water partition coefficient (Wildman–Crippen LogP) is 4.02. The summed E-state index contributed by atoms with van der Waals surface area (Å²) in [6, 6.07) is 9.15. The molecule has 0 unspecified atom stereocenters. The maximum Gasteiger partial charge on any atom is 0.262 e. The summed E-state index contributed by atoms with van der Waals surface area (Å²) in [6.45, 7) is 4.41. The first-order valence-corrected chi connectivity index (χ1v) is 9.69. The zero-order valence-corrected chi connectivity index (χ0v) is 16.2. The second-order valence-electron chi connectivity index (χ2n) is 6.47. The topological polar surface area (TPSA) is 64.0 Å². The number of carbonyl (C=O) groups excluding carboxylic acids is 1. The van der Waals surface area contributed by atoms with E-state index in [4.69, 9.17) is 11.6 Å². The lowest BCUT2D eigenvalue weighted by molar-refractivity contribution is -0.122. The van der Waals surface area contributed by atoms with Gasteiger partial charge in [-0.05, 0) is 35.1 Å². The highest BCUT2D eigenvalue weighted by Gasteiger charge is 2.18. The van der Waals surface area contributed by atoms with Crippen molar-refractivity contribution >= 4 is 39.1 Å². The average Bonchev–Trinajstić information content (AvgIpc) is 3.09. The van der Waals surface area contributed by atoms with Crippen LogP contribution in [0.25, 0.3) is 10.2 Å². The molecule has 3 aromatic rings.